The number of halogens is 1. The number of benzene rings is 1. The molecule has 1 aromatic heterocycles. The number of nitrogens with zero attached hydrogens (tertiary/aromatic N) is 3. The molecule has 0 spiro atoms. The summed E-state index contributed by atoms with van der Waals surface area (Å²) in [4.78, 5) is 6.54. The third-order valence-electron chi connectivity index (χ3n) is 4.91. The molecule has 1 aliphatic heterocycles. The Hall–Kier alpha value is -1.98. The van der Waals surface area contributed by atoms with E-state index in [-0.39, 0.29) is 6.10 Å². The van der Waals surface area contributed by atoms with Crippen molar-refractivity contribution < 1.29 is 4.74 Å². The molecule has 0 radical (unpaired) electrons. The number of nitrogens with one attached hydrogen (secondary N) is 1. The second-order valence-electron chi connectivity index (χ2n) is 6.80. The molecule has 0 amide bonds. The van der Waals surface area contributed by atoms with Gasteiger partial charge in [-0.2, -0.15) is 0 Å². The number of rotatable bonds is 5. The fourth-order valence-corrected chi connectivity index (χ4v) is 3.77. The first-order chi connectivity index (χ1) is 12.6. The predicted molar refractivity (Wildman–Crippen MR) is 106 cm³/mol. The van der Waals surface area contributed by atoms with Crippen molar-refractivity contribution >= 4 is 17.6 Å². The molecular weight excluding hydrogens is 348 g/mol. The Kier molecular flexibility index (Phi) is 6.22. The molecular formula is C20H27ClN4O. The lowest BCUT2D eigenvalue weighted by molar-refractivity contribution is 0.0914. The van der Waals surface area contributed by atoms with Crippen LogP contribution in [0.1, 0.15) is 23.8 Å². The minimum absolute atomic E-state index is 0.152. The number of hydrogen-bond acceptors (Lipinski definition) is 2. The Balaban J connectivity index is 1.59. The van der Waals surface area contributed by atoms with Gasteiger partial charge in [0, 0.05) is 52.1 Å². The van der Waals surface area contributed by atoms with Gasteiger partial charge in [-0.25, -0.2) is 0 Å². The van der Waals surface area contributed by atoms with Crippen LogP contribution in [0.4, 0.5) is 0 Å². The summed E-state index contributed by atoms with van der Waals surface area (Å²) < 4.78 is 8.02. The maximum absolute atomic E-state index is 6.08. The lowest BCUT2D eigenvalue weighted by Gasteiger charge is -2.25. The molecule has 6 heteroatoms. The van der Waals surface area contributed by atoms with Crippen molar-refractivity contribution in [2.75, 3.05) is 27.2 Å². The van der Waals surface area contributed by atoms with Crippen molar-refractivity contribution in [1.29, 1.82) is 0 Å². The normalized spacial score (nSPS) is 20.4. The first-order valence-corrected chi connectivity index (χ1v) is 9.35. The van der Waals surface area contributed by atoms with Crippen molar-refractivity contribution in [1.82, 2.24) is 14.8 Å². The van der Waals surface area contributed by atoms with Gasteiger partial charge in [0.15, 0.2) is 5.96 Å². The van der Waals surface area contributed by atoms with E-state index in [2.05, 4.69) is 39.5 Å². The van der Waals surface area contributed by atoms with Crippen LogP contribution in [0.15, 0.2) is 47.6 Å². The summed E-state index contributed by atoms with van der Waals surface area (Å²) in [5.41, 5.74) is 2.39. The van der Waals surface area contributed by atoms with Gasteiger partial charge >= 0.3 is 0 Å². The van der Waals surface area contributed by atoms with E-state index < -0.39 is 0 Å². The molecule has 1 aliphatic rings. The average Bonchev–Trinajstić information content (AvgIpc) is 3.22. The minimum atomic E-state index is 0.152. The third kappa shape index (κ3) is 4.40. The predicted octanol–water partition coefficient (Wildman–Crippen LogP) is 3.46. The summed E-state index contributed by atoms with van der Waals surface area (Å²) in [7, 11) is 5.86. The summed E-state index contributed by atoms with van der Waals surface area (Å²) in [5.74, 6) is 1.31. The molecule has 0 aliphatic carbocycles. The number of hydrogen-bond donors (Lipinski definition) is 1. The molecule has 5 nitrogen and oxygen atoms in total. The van der Waals surface area contributed by atoms with Crippen molar-refractivity contribution in [2.45, 2.75) is 19.1 Å². The van der Waals surface area contributed by atoms with Crippen LogP contribution < -0.4 is 5.32 Å². The SMILES string of the molecule is CN=C(NCC1CCOC1c1ccccc1)N(C)Cc1cc(Cl)cn1C. The van der Waals surface area contributed by atoms with Crippen LogP contribution in [0.2, 0.25) is 5.02 Å². The zero-order chi connectivity index (χ0) is 18.5. The fourth-order valence-electron chi connectivity index (χ4n) is 3.50. The van der Waals surface area contributed by atoms with Crippen molar-refractivity contribution in [3.05, 3.63) is 58.9 Å². The highest BCUT2D eigenvalue weighted by molar-refractivity contribution is 6.30. The van der Waals surface area contributed by atoms with E-state index >= 15 is 0 Å². The van der Waals surface area contributed by atoms with Crippen LogP contribution in [-0.2, 0) is 18.3 Å². The second-order valence-corrected chi connectivity index (χ2v) is 7.23. The van der Waals surface area contributed by atoms with Crippen LogP contribution in [0.5, 0.6) is 0 Å². The van der Waals surface area contributed by atoms with E-state index in [1.54, 1.807) is 0 Å². The highest BCUT2D eigenvalue weighted by atomic mass is 35.5. The smallest absolute Gasteiger partial charge is 0.193 e. The Morgan fingerprint density at radius 1 is 1.38 bits per heavy atom. The number of guanidine groups is 1. The Morgan fingerprint density at radius 2 is 2.15 bits per heavy atom. The van der Waals surface area contributed by atoms with Crippen molar-refractivity contribution in [3.63, 3.8) is 0 Å². The van der Waals surface area contributed by atoms with E-state index in [1.165, 1.54) is 5.56 Å². The van der Waals surface area contributed by atoms with Gasteiger partial charge in [-0.05, 0) is 18.1 Å². The van der Waals surface area contributed by atoms with E-state index in [9.17, 15) is 0 Å². The molecule has 2 unspecified atom stereocenters. The molecule has 0 bridgehead atoms. The molecule has 1 saturated heterocycles. The van der Waals surface area contributed by atoms with Gasteiger partial charge < -0.3 is 19.5 Å². The van der Waals surface area contributed by atoms with Crippen LogP contribution in [0.3, 0.4) is 0 Å². The van der Waals surface area contributed by atoms with Crippen LogP contribution in [0.25, 0.3) is 0 Å². The lowest BCUT2D eigenvalue weighted by Crippen LogP contribution is -2.41. The number of aliphatic imine (C=N–C) groups is 1. The topological polar surface area (TPSA) is 41.8 Å². The monoisotopic (exact) mass is 374 g/mol. The van der Waals surface area contributed by atoms with Crippen molar-refractivity contribution in [2.24, 2.45) is 18.0 Å². The van der Waals surface area contributed by atoms with Crippen LogP contribution in [-0.4, -0.2) is 42.7 Å². The number of aromatic nitrogens is 1. The molecule has 2 heterocycles. The number of aryl methyl sites for hydroxylation is 1. The molecule has 1 aromatic carbocycles. The van der Waals surface area contributed by atoms with E-state index in [0.717, 1.165) is 42.8 Å². The zero-order valence-electron chi connectivity index (χ0n) is 15.7. The van der Waals surface area contributed by atoms with Crippen molar-refractivity contribution in [3.8, 4) is 0 Å². The molecule has 1 N–H and O–H groups in total. The van der Waals surface area contributed by atoms with Crippen LogP contribution >= 0.6 is 11.6 Å². The van der Waals surface area contributed by atoms with Gasteiger partial charge in [-0.3, -0.25) is 4.99 Å². The largest absolute Gasteiger partial charge is 0.373 e. The first kappa shape index (κ1) is 18.8. The van der Waals surface area contributed by atoms with Gasteiger partial charge in [0.2, 0.25) is 0 Å². The Labute approximate surface area is 160 Å². The molecule has 3 rings (SSSR count). The van der Waals surface area contributed by atoms with E-state index in [0.29, 0.717) is 5.92 Å². The zero-order valence-corrected chi connectivity index (χ0v) is 16.4. The van der Waals surface area contributed by atoms with Gasteiger partial charge in [-0.15, -0.1) is 0 Å². The van der Waals surface area contributed by atoms with Gasteiger partial charge in [-0.1, -0.05) is 41.9 Å². The summed E-state index contributed by atoms with van der Waals surface area (Å²) >= 11 is 6.08. The summed E-state index contributed by atoms with van der Waals surface area (Å²) in [6.07, 6.45) is 3.13. The van der Waals surface area contributed by atoms with Gasteiger partial charge in [0.05, 0.1) is 17.7 Å². The maximum atomic E-state index is 6.08. The lowest BCUT2D eigenvalue weighted by atomic mass is 9.95. The molecule has 2 aromatic rings. The van der Waals surface area contributed by atoms with Gasteiger partial charge in [0.1, 0.15) is 0 Å². The average molecular weight is 375 g/mol. The van der Waals surface area contributed by atoms with E-state index in [4.69, 9.17) is 16.3 Å². The minimum Gasteiger partial charge on any atom is -0.373 e. The quantitative estimate of drug-likeness (QED) is 0.643. The fraction of sp³-hybridized carbons (Fsp3) is 0.450. The second kappa shape index (κ2) is 8.60. The summed E-state index contributed by atoms with van der Waals surface area (Å²) in [6, 6.07) is 12.4. The molecule has 26 heavy (non-hydrogen) atoms. The highest BCUT2D eigenvalue weighted by Gasteiger charge is 2.29. The maximum Gasteiger partial charge on any atom is 0.193 e. The van der Waals surface area contributed by atoms with Crippen LogP contribution in [0, 0.1) is 5.92 Å². The Morgan fingerprint density at radius 3 is 2.81 bits per heavy atom. The molecule has 140 valence electrons. The van der Waals surface area contributed by atoms with Gasteiger partial charge in [0.25, 0.3) is 0 Å². The summed E-state index contributed by atoms with van der Waals surface area (Å²) in [5, 5.41) is 4.27. The molecule has 1 fully saturated rings. The molecule has 0 saturated carbocycles. The molecule has 2 atom stereocenters. The Bertz CT molecular complexity index is 744. The number of ether oxygens (including phenoxy) is 1. The standard InChI is InChI=1S/C20H27ClN4O/c1-22-20(25(3)14-18-11-17(21)13-24(18)2)23-12-16-9-10-26-19(16)15-7-5-4-6-8-15/h4-8,11,13,16,19H,9-10,12,14H2,1-3H3,(H,22,23). The first-order valence-electron chi connectivity index (χ1n) is 8.97. The van der Waals surface area contributed by atoms with E-state index in [1.807, 2.05) is 44.0 Å². The highest BCUT2D eigenvalue weighted by Crippen LogP contribution is 2.33. The third-order valence-corrected chi connectivity index (χ3v) is 5.12. The summed E-state index contributed by atoms with van der Waals surface area (Å²) in [6.45, 7) is 2.39.